The van der Waals surface area contributed by atoms with Crippen LogP contribution < -0.4 is 10.6 Å². The summed E-state index contributed by atoms with van der Waals surface area (Å²) >= 11 is 3.24. The molecule has 0 aliphatic carbocycles. The molecule has 0 saturated heterocycles. The third kappa shape index (κ3) is 4.29. The average Bonchev–Trinajstić information content (AvgIpc) is 2.28. The van der Waals surface area contributed by atoms with Crippen molar-refractivity contribution in [3.8, 4) is 0 Å². The monoisotopic (exact) mass is 316 g/mol. The number of carbonyl (C=O) groups is 1. The van der Waals surface area contributed by atoms with E-state index in [0.717, 1.165) is 6.42 Å². The standard InChI is InChI=1S/C13H18BrFN2O/c1-4-13(2,3)17-11(18)8-16-12-9(14)6-5-7-10(12)15/h5-7,16H,4,8H2,1-3H3,(H,17,18). The van der Waals surface area contributed by atoms with E-state index in [1.165, 1.54) is 6.07 Å². The fourth-order valence-electron chi connectivity index (χ4n) is 1.35. The summed E-state index contributed by atoms with van der Waals surface area (Å²) < 4.78 is 14.1. The Hall–Kier alpha value is -1.10. The van der Waals surface area contributed by atoms with Crippen molar-refractivity contribution in [2.24, 2.45) is 0 Å². The molecule has 0 aliphatic rings. The Balaban J connectivity index is 2.58. The Bertz CT molecular complexity index is 415. The molecule has 0 atom stereocenters. The summed E-state index contributed by atoms with van der Waals surface area (Å²) in [5.74, 6) is -0.538. The molecular weight excluding hydrogens is 299 g/mol. The van der Waals surface area contributed by atoms with Crippen molar-refractivity contribution in [2.75, 3.05) is 11.9 Å². The highest BCUT2D eigenvalue weighted by atomic mass is 79.9. The highest BCUT2D eigenvalue weighted by Gasteiger charge is 2.17. The molecule has 0 bridgehead atoms. The summed E-state index contributed by atoms with van der Waals surface area (Å²) in [6.07, 6.45) is 0.835. The van der Waals surface area contributed by atoms with Gasteiger partial charge in [0, 0.05) is 10.0 Å². The second-order valence-electron chi connectivity index (χ2n) is 4.74. The fraction of sp³-hybridized carbons (Fsp3) is 0.462. The molecule has 18 heavy (non-hydrogen) atoms. The van der Waals surface area contributed by atoms with Crippen LogP contribution in [0.25, 0.3) is 0 Å². The minimum atomic E-state index is -0.382. The largest absolute Gasteiger partial charge is 0.373 e. The van der Waals surface area contributed by atoms with Crippen LogP contribution in [0.3, 0.4) is 0 Å². The second-order valence-corrected chi connectivity index (χ2v) is 5.59. The molecule has 2 N–H and O–H groups in total. The van der Waals surface area contributed by atoms with E-state index in [9.17, 15) is 9.18 Å². The zero-order valence-corrected chi connectivity index (χ0v) is 12.4. The first kappa shape index (κ1) is 15.0. The molecule has 0 heterocycles. The van der Waals surface area contributed by atoms with E-state index in [0.29, 0.717) is 10.2 Å². The molecule has 0 spiro atoms. The van der Waals surface area contributed by atoms with E-state index in [1.54, 1.807) is 12.1 Å². The quantitative estimate of drug-likeness (QED) is 0.875. The van der Waals surface area contributed by atoms with Gasteiger partial charge < -0.3 is 10.6 Å². The Kier molecular flexibility index (Phi) is 5.14. The first-order valence-corrected chi connectivity index (χ1v) is 6.64. The van der Waals surface area contributed by atoms with Crippen LogP contribution in [0.4, 0.5) is 10.1 Å². The molecule has 0 radical (unpaired) electrons. The van der Waals surface area contributed by atoms with Gasteiger partial charge in [-0.25, -0.2) is 4.39 Å². The lowest BCUT2D eigenvalue weighted by atomic mass is 10.0. The summed E-state index contributed by atoms with van der Waals surface area (Å²) in [4.78, 5) is 11.7. The van der Waals surface area contributed by atoms with Gasteiger partial charge in [0.15, 0.2) is 0 Å². The summed E-state index contributed by atoms with van der Waals surface area (Å²) in [5, 5.41) is 5.67. The number of anilines is 1. The molecule has 0 saturated carbocycles. The minimum absolute atomic E-state index is 0.0446. The zero-order valence-electron chi connectivity index (χ0n) is 10.8. The molecule has 0 unspecified atom stereocenters. The lowest BCUT2D eigenvalue weighted by Gasteiger charge is -2.24. The molecule has 1 aromatic rings. The van der Waals surface area contributed by atoms with Gasteiger partial charge in [-0.15, -0.1) is 0 Å². The van der Waals surface area contributed by atoms with E-state index >= 15 is 0 Å². The van der Waals surface area contributed by atoms with Gasteiger partial charge >= 0.3 is 0 Å². The third-order valence-corrected chi connectivity index (χ3v) is 3.41. The van der Waals surface area contributed by atoms with Gasteiger partial charge in [-0.3, -0.25) is 4.79 Å². The summed E-state index contributed by atoms with van der Waals surface area (Å²) in [6, 6.07) is 4.67. The molecule has 1 aromatic carbocycles. The van der Waals surface area contributed by atoms with E-state index in [1.807, 2.05) is 20.8 Å². The molecule has 5 heteroatoms. The molecular formula is C13H18BrFN2O. The number of amides is 1. The van der Waals surface area contributed by atoms with Crippen LogP contribution in [0.15, 0.2) is 22.7 Å². The highest BCUT2D eigenvalue weighted by molar-refractivity contribution is 9.10. The predicted molar refractivity (Wildman–Crippen MR) is 75.1 cm³/mol. The maximum atomic E-state index is 13.5. The van der Waals surface area contributed by atoms with Crippen LogP contribution in [0.1, 0.15) is 27.2 Å². The Morgan fingerprint density at radius 2 is 2.11 bits per heavy atom. The normalized spacial score (nSPS) is 11.2. The first-order valence-electron chi connectivity index (χ1n) is 5.84. The van der Waals surface area contributed by atoms with Crippen molar-refractivity contribution in [1.29, 1.82) is 0 Å². The number of para-hydroxylation sites is 1. The second kappa shape index (κ2) is 6.18. The molecule has 0 aromatic heterocycles. The van der Waals surface area contributed by atoms with Crippen LogP contribution in [-0.2, 0) is 4.79 Å². The van der Waals surface area contributed by atoms with Crippen molar-refractivity contribution in [2.45, 2.75) is 32.7 Å². The summed E-state index contributed by atoms with van der Waals surface area (Å²) in [6.45, 7) is 5.94. The number of hydrogen-bond acceptors (Lipinski definition) is 2. The SMILES string of the molecule is CCC(C)(C)NC(=O)CNc1c(F)cccc1Br. The predicted octanol–water partition coefficient (Wildman–Crippen LogP) is 3.30. The average molecular weight is 317 g/mol. The summed E-state index contributed by atoms with van der Waals surface area (Å²) in [7, 11) is 0. The first-order chi connectivity index (χ1) is 8.35. The number of rotatable bonds is 5. The Morgan fingerprint density at radius 1 is 1.44 bits per heavy atom. The third-order valence-electron chi connectivity index (χ3n) is 2.75. The lowest BCUT2D eigenvalue weighted by molar-refractivity contribution is -0.121. The van der Waals surface area contributed by atoms with Gasteiger partial charge in [0.05, 0.1) is 12.2 Å². The van der Waals surface area contributed by atoms with Crippen LogP contribution in [0.5, 0.6) is 0 Å². The molecule has 0 fully saturated rings. The lowest BCUT2D eigenvalue weighted by Crippen LogP contribution is -2.45. The fourth-order valence-corrected chi connectivity index (χ4v) is 1.83. The summed E-state index contributed by atoms with van der Waals surface area (Å²) in [5.41, 5.74) is 0.0626. The van der Waals surface area contributed by atoms with Gasteiger partial charge in [0.2, 0.25) is 5.91 Å². The maximum Gasteiger partial charge on any atom is 0.239 e. The molecule has 3 nitrogen and oxygen atoms in total. The Morgan fingerprint density at radius 3 is 2.67 bits per heavy atom. The topological polar surface area (TPSA) is 41.1 Å². The number of nitrogens with one attached hydrogen (secondary N) is 2. The highest BCUT2D eigenvalue weighted by Crippen LogP contribution is 2.24. The number of hydrogen-bond donors (Lipinski definition) is 2. The van der Waals surface area contributed by atoms with E-state index in [2.05, 4.69) is 26.6 Å². The van der Waals surface area contributed by atoms with Crippen molar-refractivity contribution < 1.29 is 9.18 Å². The van der Waals surface area contributed by atoms with Crippen molar-refractivity contribution >= 4 is 27.5 Å². The van der Waals surface area contributed by atoms with Crippen molar-refractivity contribution in [1.82, 2.24) is 5.32 Å². The van der Waals surface area contributed by atoms with Crippen LogP contribution >= 0.6 is 15.9 Å². The Labute approximate surface area is 115 Å². The van der Waals surface area contributed by atoms with Crippen LogP contribution in [-0.4, -0.2) is 18.0 Å². The smallest absolute Gasteiger partial charge is 0.239 e. The maximum absolute atomic E-state index is 13.5. The number of carbonyl (C=O) groups excluding carboxylic acids is 1. The minimum Gasteiger partial charge on any atom is -0.373 e. The number of benzene rings is 1. The van der Waals surface area contributed by atoms with Gasteiger partial charge in [0.25, 0.3) is 0 Å². The van der Waals surface area contributed by atoms with Crippen molar-refractivity contribution in [3.63, 3.8) is 0 Å². The van der Waals surface area contributed by atoms with Crippen LogP contribution in [0.2, 0.25) is 0 Å². The molecule has 1 rings (SSSR count). The van der Waals surface area contributed by atoms with E-state index in [4.69, 9.17) is 0 Å². The van der Waals surface area contributed by atoms with Gasteiger partial charge in [0.1, 0.15) is 5.82 Å². The van der Waals surface area contributed by atoms with E-state index in [-0.39, 0.29) is 23.8 Å². The zero-order chi connectivity index (χ0) is 13.8. The molecule has 1 amide bonds. The van der Waals surface area contributed by atoms with Gasteiger partial charge in [-0.05, 0) is 48.3 Å². The van der Waals surface area contributed by atoms with Gasteiger partial charge in [-0.2, -0.15) is 0 Å². The molecule has 100 valence electrons. The van der Waals surface area contributed by atoms with Crippen molar-refractivity contribution in [3.05, 3.63) is 28.5 Å². The molecule has 0 aliphatic heterocycles. The van der Waals surface area contributed by atoms with Gasteiger partial charge in [-0.1, -0.05) is 13.0 Å². The van der Waals surface area contributed by atoms with E-state index < -0.39 is 0 Å². The number of halogens is 2. The van der Waals surface area contributed by atoms with Crippen LogP contribution in [0, 0.1) is 5.82 Å².